The summed E-state index contributed by atoms with van der Waals surface area (Å²) in [6.07, 6.45) is 0. The minimum atomic E-state index is 0.620. The number of aryl methyl sites for hydroxylation is 1. The average molecular weight is 265 g/mol. The van der Waals surface area contributed by atoms with Crippen LogP contribution in [0.5, 0.6) is 0 Å². The first-order chi connectivity index (χ1) is 9.31. The molecule has 0 atom stereocenters. The summed E-state index contributed by atoms with van der Waals surface area (Å²) in [5.74, 6) is 1.46. The zero-order chi connectivity index (χ0) is 13.2. The van der Waals surface area contributed by atoms with E-state index in [1.807, 2.05) is 54.8 Å². The second-order valence-corrected chi connectivity index (χ2v) is 5.14. The summed E-state index contributed by atoms with van der Waals surface area (Å²) in [6.45, 7) is 1.84. The fraction of sp³-hybridized carbons (Fsp3) is 0.0625. The van der Waals surface area contributed by atoms with Crippen LogP contribution >= 0.6 is 11.3 Å². The Kier molecular flexibility index (Phi) is 2.94. The normalized spacial score (nSPS) is 10.3. The van der Waals surface area contributed by atoms with E-state index in [4.69, 9.17) is 4.42 Å². The Hall–Kier alpha value is -2.31. The van der Waals surface area contributed by atoms with E-state index in [0.717, 1.165) is 21.8 Å². The van der Waals surface area contributed by atoms with Crippen LogP contribution in [-0.4, -0.2) is 0 Å². The monoisotopic (exact) mass is 265 g/mol. The first-order valence-corrected chi connectivity index (χ1v) is 6.82. The highest BCUT2D eigenvalue weighted by Gasteiger charge is 2.20. The van der Waals surface area contributed by atoms with Gasteiger partial charge in [-0.25, -0.2) is 0 Å². The van der Waals surface area contributed by atoms with Crippen molar-refractivity contribution in [2.24, 2.45) is 0 Å². The smallest absolute Gasteiger partial charge is 0.153 e. The van der Waals surface area contributed by atoms with Crippen molar-refractivity contribution in [1.82, 2.24) is 0 Å². The maximum Gasteiger partial charge on any atom is 0.153 e. The summed E-state index contributed by atoms with van der Waals surface area (Å²) in [5, 5.41) is 11.4. The lowest BCUT2D eigenvalue weighted by atomic mass is 10.0. The third-order valence-corrected chi connectivity index (χ3v) is 3.87. The molecule has 19 heavy (non-hydrogen) atoms. The quantitative estimate of drug-likeness (QED) is 0.663. The molecule has 0 aliphatic heterocycles. The number of hydrogen-bond acceptors (Lipinski definition) is 3. The second kappa shape index (κ2) is 4.75. The maximum absolute atomic E-state index is 9.36. The lowest BCUT2D eigenvalue weighted by Gasteiger charge is -2.01. The van der Waals surface area contributed by atoms with Crippen molar-refractivity contribution in [2.75, 3.05) is 0 Å². The zero-order valence-corrected chi connectivity index (χ0v) is 11.2. The van der Waals surface area contributed by atoms with Crippen LogP contribution in [0.4, 0.5) is 0 Å². The predicted molar refractivity (Wildman–Crippen MR) is 76.9 cm³/mol. The Morgan fingerprint density at radius 2 is 1.89 bits per heavy atom. The summed E-state index contributed by atoms with van der Waals surface area (Å²) >= 11 is 1.61. The van der Waals surface area contributed by atoms with Gasteiger partial charge in [-0.1, -0.05) is 36.4 Å². The molecular formula is C16H11NOS. The molecule has 0 spiro atoms. The van der Waals surface area contributed by atoms with Gasteiger partial charge in [-0.3, -0.25) is 0 Å². The van der Waals surface area contributed by atoms with Crippen LogP contribution in [0, 0.1) is 18.3 Å². The Morgan fingerprint density at radius 1 is 1.11 bits per heavy atom. The topological polar surface area (TPSA) is 36.9 Å². The Labute approximate surface area is 115 Å². The standard InChI is InChI=1S/C16H11NOS/c1-11-13(10-17)15(12-6-3-2-4-7-12)16(18-11)14-8-5-9-19-14/h2-9H,1H3. The summed E-state index contributed by atoms with van der Waals surface area (Å²) in [7, 11) is 0. The molecule has 3 heteroatoms. The van der Waals surface area contributed by atoms with Gasteiger partial charge in [0.25, 0.3) is 0 Å². The summed E-state index contributed by atoms with van der Waals surface area (Å²) in [4.78, 5) is 1.04. The molecule has 0 saturated carbocycles. The molecule has 0 fully saturated rings. The number of hydrogen-bond donors (Lipinski definition) is 0. The molecule has 0 amide bonds. The number of furan rings is 1. The first kappa shape index (κ1) is 11.8. The van der Waals surface area contributed by atoms with Crippen LogP contribution in [0.15, 0.2) is 52.3 Å². The molecular weight excluding hydrogens is 254 g/mol. The van der Waals surface area contributed by atoms with Gasteiger partial charge in [-0.15, -0.1) is 11.3 Å². The molecule has 0 saturated heterocycles. The molecule has 2 nitrogen and oxygen atoms in total. The van der Waals surface area contributed by atoms with Crippen LogP contribution < -0.4 is 0 Å². The largest absolute Gasteiger partial charge is 0.458 e. The molecule has 2 heterocycles. The van der Waals surface area contributed by atoms with Gasteiger partial charge in [0, 0.05) is 5.56 Å². The van der Waals surface area contributed by atoms with Crippen molar-refractivity contribution >= 4 is 11.3 Å². The zero-order valence-electron chi connectivity index (χ0n) is 10.4. The van der Waals surface area contributed by atoms with Crippen LogP contribution in [0.25, 0.3) is 21.8 Å². The van der Waals surface area contributed by atoms with Crippen LogP contribution in [0.1, 0.15) is 11.3 Å². The van der Waals surface area contributed by atoms with E-state index >= 15 is 0 Å². The van der Waals surface area contributed by atoms with E-state index in [2.05, 4.69) is 6.07 Å². The molecule has 0 aliphatic carbocycles. The summed E-state index contributed by atoms with van der Waals surface area (Å²) < 4.78 is 5.82. The van der Waals surface area contributed by atoms with E-state index < -0.39 is 0 Å². The lowest BCUT2D eigenvalue weighted by molar-refractivity contribution is 0.549. The van der Waals surface area contributed by atoms with Gasteiger partial charge in [0.15, 0.2) is 5.76 Å². The van der Waals surface area contributed by atoms with Crippen LogP contribution in [-0.2, 0) is 0 Å². The minimum Gasteiger partial charge on any atom is -0.458 e. The van der Waals surface area contributed by atoms with Gasteiger partial charge in [-0.2, -0.15) is 5.26 Å². The van der Waals surface area contributed by atoms with Crippen LogP contribution in [0.2, 0.25) is 0 Å². The molecule has 1 aromatic carbocycles. The average Bonchev–Trinajstić information content (AvgIpc) is 3.06. The predicted octanol–water partition coefficient (Wildman–Crippen LogP) is 4.86. The first-order valence-electron chi connectivity index (χ1n) is 5.94. The number of nitrogens with zero attached hydrogens (tertiary/aromatic N) is 1. The van der Waals surface area contributed by atoms with E-state index in [1.54, 1.807) is 11.3 Å². The summed E-state index contributed by atoms with van der Waals surface area (Å²) in [6, 6.07) is 16.2. The molecule has 3 rings (SSSR count). The Balaban J connectivity index is 2.31. The summed E-state index contributed by atoms with van der Waals surface area (Å²) in [5.41, 5.74) is 2.52. The van der Waals surface area contributed by atoms with Gasteiger partial charge in [0.1, 0.15) is 17.4 Å². The number of nitriles is 1. The highest BCUT2D eigenvalue weighted by atomic mass is 32.1. The molecule has 0 unspecified atom stereocenters. The van der Waals surface area contributed by atoms with Crippen molar-refractivity contribution in [3.63, 3.8) is 0 Å². The third-order valence-electron chi connectivity index (χ3n) is 3.00. The van der Waals surface area contributed by atoms with Gasteiger partial charge in [-0.05, 0) is 23.9 Å². The molecule has 0 N–H and O–H groups in total. The van der Waals surface area contributed by atoms with Gasteiger partial charge >= 0.3 is 0 Å². The third kappa shape index (κ3) is 1.96. The number of benzene rings is 1. The highest BCUT2D eigenvalue weighted by Crippen LogP contribution is 2.40. The molecule has 0 radical (unpaired) electrons. The van der Waals surface area contributed by atoms with Crippen molar-refractivity contribution in [2.45, 2.75) is 6.92 Å². The number of rotatable bonds is 2. The van der Waals surface area contributed by atoms with E-state index in [1.165, 1.54) is 0 Å². The molecule has 92 valence electrons. The van der Waals surface area contributed by atoms with Crippen LogP contribution in [0.3, 0.4) is 0 Å². The molecule has 3 aromatic rings. The van der Waals surface area contributed by atoms with Crippen molar-refractivity contribution in [3.8, 4) is 27.8 Å². The fourth-order valence-electron chi connectivity index (χ4n) is 2.14. The van der Waals surface area contributed by atoms with Gasteiger partial charge < -0.3 is 4.42 Å². The maximum atomic E-state index is 9.36. The second-order valence-electron chi connectivity index (χ2n) is 4.19. The molecule has 0 aliphatic rings. The van der Waals surface area contributed by atoms with Gasteiger partial charge in [0.2, 0.25) is 0 Å². The van der Waals surface area contributed by atoms with E-state index in [9.17, 15) is 5.26 Å². The fourth-order valence-corrected chi connectivity index (χ4v) is 2.85. The SMILES string of the molecule is Cc1oc(-c2cccs2)c(-c2ccccc2)c1C#N. The van der Waals surface area contributed by atoms with Crippen molar-refractivity contribution in [1.29, 1.82) is 5.26 Å². The Morgan fingerprint density at radius 3 is 2.53 bits per heavy atom. The molecule has 2 aromatic heterocycles. The minimum absolute atomic E-state index is 0.620. The van der Waals surface area contributed by atoms with Crippen molar-refractivity contribution < 1.29 is 4.42 Å². The van der Waals surface area contributed by atoms with Gasteiger partial charge in [0.05, 0.1) is 4.88 Å². The van der Waals surface area contributed by atoms with E-state index in [0.29, 0.717) is 11.3 Å². The Bertz CT molecular complexity index is 733. The molecule has 0 bridgehead atoms. The lowest BCUT2D eigenvalue weighted by Crippen LogP contribution is -1.82. The number of thiophene rings is 1. The highest BCUT2D eigenvalue weighted by molar-refractivity contribution is 7.13. The van der Waals surface area contributed by atoms with E-state index in [-0.39, 0.29) is 0 Å². The van der Waals surface area contributed by atoms with Crippen molar-refractivity contribution in [3.05, 3.63) is 59.2 Å².